The highest BCUT2D eigenvalue weighted by Crippen LogP contribution is 2.54. The first kappa shape index (κ1) is 6.38. The molecular formula is C9H15N. The topological polar surface area (TPSA) is 12.4 Å². The van der Waals surface area contributed by atoms with E-state index in [0.29, 0.717) is 5.41 Å². The van der Waals surface area contributed by atoms with Gasteiger partial charge in [0.05, 0.1) is 0 Å². The van der Waals surface area contributed by atoms with Gasteiger partial charge < -0.3 is 0 Å². The zero-order valence-corrected chi connectivity index (χ0v) is 7.02. The van der Waals surface area contributed by atoms with Crippen molar-refractivity contribution < 1.29 is 0 Å². The standard InChI is InChI=1S/C9H15N/c1-6-8-4-7(5-10-6)9(8,2)3/h7-8H,4-5H2,1-3H3. The highest BCUT2D eigenvalue weighted by Gasteiger charge is 2.51. The van der Waals surface area contributed by atoms with Crippen molar-refractivity contribution in [1.29, 1.82) is 0 Å². The first-order valence-electron chi connectivity index (χ1n) is 4.13. The van der Waals surface area contributed by atoms with Gasteiger partial charge in [-0.15, -0.1) is 0 Å². The van der Waals surface area contributed by atoms with Crippen LogP contribution in [0.2, 0.25) is 0 Å². The summed E-state index contributed by atoms with van der Waals surface area (Å²) in [6.45, 7) is 8.03. The monoisotopic (exact) mass is 137 g/mol. The predicted octanol–water partition coefficient (Wildman–Crippen LogP) is 2.12. The third kappa shape index (κ3) is 0.561. The van der Waals surface area contributed by atoms with Crippen LogP contribution in [0.1, 0.15) is 27.2 Å². The largest absolute Gasteiger partial charge is 0.294 e. The minimum absolute atomic E-state index is 0.575. The minimum atomic E-state index is 0.575. The highest BCUT2D eigenvalue weighted by molar-refractivity contribution is 5.87. The van der Waals surface area contributed by atoms with Gasteiger partial charge in [-0.2, -0.15) is 0 Å². The van der Waals surface area contributed by atoms with E-state index in [1.807, 2.05) is 0 Å². The molecule has 10 heavy (non-hydrogen) atoms. The maximum absolute atomic E-state index is 4.47. The molecule has 1 nitrogen and oxygen atoms in total. The lowest BCUT2D eigenvalue weighted by Gasteiger charge is -2.55. The Hall–Kier alpha value is -0.330. The molecule has 0 aromatic rings. The maximum atomic E-state index is 4.47. The Labute approximate surface area is 62.5 Å². The van der Waals surface area contributed by atoms with Crippen molar-refractivity contribution in [2.24, 2.45) is 22.2 Å². The fraction of sp³-hybridized carbons (Fsp3) is 0.889. The van der Waals surface area contributed by atoms with E-state index < -0.39 is 0 Å². The lowest BCUT2D eigenvalue weighted by Crippen LogP contribution is -2.52. The molecule has 2 atom stereocenters. The molecule has 2 heterocycles. The molecule has 0 spiro atoms. The lowest BCUT2D eigenvalue weighted by molar-refractivity contribution is 0.0201. The smallest absolute Gasteiger partial charge is 0.0422 e. The third-order valence-corrected chi connectivity index (χ3v) is 3.54. The van der Waals surface area contributed by atoms with E-state index in [0.717, 1.165) is 18.4 Å². The van der Waals surface area contributed by atoms with Crippen LogP contribution >= 0.6 is 0 Å². The van der Waals surface area contributed by atoms with Gasteiger partial charge in [-0.25, -0.2) is 0 Å². The third-order valence-electron chi connectivity index (χ3n) is 3.54. The summed E-state index contributed by atoms with van der Waals surface area (Å²) in [5, 5.41) is 0. The average Bonchev–Trinajstić information content (AvgIpc) is 1.87. The van der Waals surface area contributed by atoms with E-state index in [9.17, 15) is 0 Å². The second kappa shape index (κ2) is 1.63. The number of nitrogens with zero attached hydrogens (tertiary/aromatic N) is 1. The Kier molecular flexibility index (Phi) is 1.04. The molecule has 2 bridgehead atoms. The van der Waals surface area contributed by atoms with E-state index in [2.05, 4.69) is 25.8 Å². The van der Waals surface area contributed by atoms with E-state index in [-0.39, 0.29) is 0 Å². The molecular weight excluding hydrogens is 122 g/mol. The van der Waals surface area contributed by atoms with Crippen molar-refractivity contribution in [2.75, 3.05) is 6.54 Å². The van der Waals surface area contributed by atoms with Crippen LogP contribution in [-0.4, -0.2) is 12.3 Å². The van der Waals surface area contributed by atoms with Crippen LogP contribution in [0.5, 0.6) is 0 Å². The molecule has 3 rings (SSSR count). The van der Waals surface area contributed by atoms with Gasteiger partial charge in [-0.1, -0.05) is 13.8 Å². The Bertz CT molecular complexity index is 191. The van der Waals surface area contributed by atoms with Crippen molar-refractivity contribution >= 4 is 5.71 Å². The predicted molar refractivity (Wildman–Crippen MR) is 43.4 cm³/mol. The van der Waals surface area contributed by atoms with Crippen LogP contribution in [-0.2, 0) is 0 Å². The van der Waals surface area contributed by atoms with E-state index >= 15 is 0 Å². The van der Waals surface area contributed by atoms with Gasteiger partial charge in [0.2, 0.25) is 0 Å². The number of hydrogen-bond acceptors (Lipinski definition) is 1. The van der Waals surface area contributed by atoms with Crippen LogP contribution in [0.3, 0.4) is 0 Å². The fourth-order valence-electron chi connectivity index (χ4n) is 2.40. The summed E-state index contributed by atoms with van der Waals surface area (Å²) < 4.78 is 0. The van der Waals surface area contributed by atoms with Gasteiger partial charge in [0.15, 0.2) is 0 Å². The van der Waals surface area contributed by atoms with E-state index in [1.165, 1.54) is 12.1 Å². The number of rotatable bonds is 0. The minimum Gasteiger partial charge on any atom is -0.294 e. The molecule has 2 unspecified atom stereocenters. The maximum Gasteiger partial charge on any atom is 0.0422 e. The second-order valence-corrected chi connectivity index (χ2v) is 4.29. The van der Waals surface area contributed by atoms with Crippen LogP contribution in [0.15, 0.2) is 4.99 Å². The van der Waals surface area contributed by atoms with Gasteiger partial charge >= 0.3 is 0 Å². The Morgan fingerprint density at radius 3 is 2.50 bits per heavy atom. The van der Waals surface area contributed by atoms with Crippen molar-refractivity contribution in [2.45, 2.75) is 27.2 Å². The molecule has 2 aliphatic heterocycles. The summed E-state index contributed by atoms with van der Waals surface area (Å²) in [6.07, 6.45) is 1.41. The Morgan fingerprint density at radius 2 is 2.20 bits per heavy atom. The molecule has 0 aromatic heterocycles. The summed E-state index contributed by atoms with van der Waals surface area (Å²) in [5.74, 6) is 1.70. The normalized spacial score (nSPS) is 42.1. The van der Waals surface area contributed by atoms with Crippen molar-refractivity contribution in [3.63, 3.8) is 0 Å². The summed E-state index contributed by atoms with van der Waals surface area (Å²) in [4.78, 5) is 4.47. The van der Waals surface area contributed by atoms with Gasteiger partial charge in [-0.05, 0) is 24.7 Å². The molecule has 0 radical (unpaired) electrons. The summed E-state index contributed by atoms with van der Waals surface area (Å²) in [5.41, 5.74) is 1.97. The number of aliphatic imine (C=N–C) groups is 1. The Balaban J connectivity index is 2.30. The van der Waals surface area contributed by atoms with Gasteiger partial charge in [0, 0.05) is 18.2 Å². The molecule has 1 aliphatic carbocycles. The number of fused-ring (bicyclic) bond motifs is 1. The van der Waals surface area contributed by atoms with Crippen molar-refractivity contribution in [3.05, 3.63) is 0 Å². The molecule has 0 N–H and O–H groups in total. The number of hydrogen-bond donors (Lipinski definition) is 0. The van der Waals surface area contributed by atoms with Gasteiger partial charge in [0.25, 0.3) is 0 Å². The Morgan fingerprint density at radius 1 is 1.50 bits per heavy atom. The zero-order valence-electron chi connectivity index (χ0n) is 7.02. The van der Waals surface area contributed by atoms with Crippen LogP contribution in [0.4, 0.5) is 0 Å². The van der Waals surface area contributed by atoms with Gasteiger partial charge in [0.1, 0.15) is 0 Å². The molecule has 1 saturated carbocycles. The quantitative estimate of drug-likeness (QED) is 0.485. The molecule has 0 aromatic carbocycles. The zero-order chi connectivity index (χ0) is 7.35. The summed E-state index contributed by atoms with van der Waals surface area (Å²) in [6, 6.07) is 0. The lowest BCUT2D eigenvalue weighted by atomic mass is 9.52. The molecule has 56 valence electrons. The fourth-order valence-corrected chi connectivity index (χ4v) is 2.40. The first-order valence-corrected chi connectivity index (χ1v) is 4.13. The van der Waals surface area contributed by atoms with Crippen LogP contribution < -0.4 is 0 Å². The summed E-state index contributed by atoms with van der Waals surface area (Å²) >= 11 is 0. The van der Waals surface area contributed by atoms with Crippen LogP contribution in [0, 0.1) is 17.3 Å². The molecule has 1 heteroatoms. The molecule has 3 aliphatic rings. The van der Waals surface area contributed by atoms with E-state index in [4.69, 9.17) is 0 Å². The summed E-state index contributed by atoms with van der Waals surface area (Å²) in [7, 11) is 0. The average molecular weight is 137 g/mol. The van der Waals surface area contributed by atoms with Crippen molar-refractivity contribution in [1.82, 2.24) is 0 Å². The molecule has 0 amide bonds. The molecule has 1 fully saturated rings. The van der Waals surface area contributed by atoms with Crippen molar-refractivity contribution in [3.8, 4) is 0 Å². The first-order chi connectivity index (χ1) is 4.62. The highest BCUT2D eigenvalue weighted by atomic mass is 14.8. The molecule has 0 saturated heterocycles. The SMILES string of the molecule is CC1=NCC2CC1C2(C)C. The van der Waals surface area contributed by atoms with E-state index in [1.54, 1.807) is 0 Å². The van der Waals surface area contributed by atoms with Gasteiger partial charge in [-0.3, -0.25) is 4.99 Å². The second-order valence-electron chi connectivity index (χ2n) is 4.29. The van der Waals surface area contributed by atoms with Crippen LogP contribution in [0.25, 0.3) is 0 Å².